The van der Waals surface area contributed by atoms with Crippen molar-refractivity contribution in [1.82, 2.24) is 9.97 Å². The van der Waals surface area contributed by atoms with Gasteiger partial charge in [-0.1, -0.05) is 13.8 Å². The van der Waals surface area contributed by atoms with Gasteiger partial charge in [0.05, 0.1) is 12.2 Å². The highest BCUT2D eigenvalue weighted by molar-refractivity contribution is 6.01. The molecule has 4 rings (SSSR count). The molecule has 2 aromatic heterocycles. The second kappa shape index (κ2) is 9.16. The van der Waals surface area contributed by atoms with Crippen molar-refractivity contribution in [1.29, 1.82) is 0 Å². The van der Waals surface area contributed by atoms with E-state index in [-0.39, 0.29) is 18.4 Å². The maximum absolute atomic E-state index is 11.5. The Balaban J connectivity index is 0.000000186. The number of amides is 2. The fraction of sp³-hybridized carbons (Fsp3) is 0.400. The molecule has 8 nitrogen and oxygen atoms in total. The molecule has 4 heterocycles. The van der Waals surface area contributed by atoms with Gasteiger partial charge in [0.15, 0.2) is 12.4 Å². The summed E-state index contributed by atoms with van der Waals surface area (Å²) in [4.78, 5) is 36.1. The minimum Gasteiger partial charge on any atom is -0.466 e. The van der Waals surface area contributed by atoms with E-state index in [2.05, 4.69) is 9.97 Å². The fourth-order valence-corrected chi connectivity index (χ4v) is 2.72. The van der Waals surface area contributed by atoms with E-state index in [1.807, 2.05) is 45.0 Å². The Kier molecular flexibility index (Phi) is 6.92. The van der Waals surface area contributed by atoms with E-state index in [0.717, 1.165) is 22.8 Å². The van der Waals surface area contributed by atoms with Crippen LogP contribution in [-0.4, -0.2) is 56.1 Å². The average Bonchev–Trinajstić information content (AvgIpc) is 2.71. The summed E-state index contributed by atoms with van der Waals surface area (Å²) in [5.74, 6) is 1.46. The van der Waals surface area contributed by atoms with Crippen molar-refractivity contribution < 1.29 is 14.3 Å². The molecule has 2 aliphatic heterocycles. The molecule has 0 aromatic carbocycles. The number of carbonyl (C=O) groups excluding carboxylic acids is 2. The summed E-state index contributed by atoms with van der Waals surface area (Å²) in [5.41, 5.74) is 2.69. The highest BCUT2D eigenvalue weighted by Crippen LogP contribution is 2.30. The molecule has 0 N–H and O–H groups in total. The minimum atomic E-state index is -0.0458. The molecule has 28 heavy (non-hydrogen) atoms. The first-order valence-corrected chi connectivity index (χ1v) is 9.17. The van der Waals surface area contributed by atoms with Crippen LogP contribution in [-0.2, 0) is 9.59 Å². The zero-order valence-corrected chi connectivity index (χ0v) is 17.3. The van der Waals surface area contributed by atoms with Crippen molar-refractivity contribution in [3.8, 4) is 5.88 Å². The lowest BCUT2D eigenvalue weighted by molar-refractivity contribution is -0.121. The van der Waals surface area contributed by atoms with Crippen molar-refractivity contribution in [3.63, 3.8) is 0 Å². The SMILES string of the molecule is CC.CN1C(=O)COc2ncccc21.Cc1cnc2c(c1)N(C)C(=O)CN2C. The van der Waals surface area contributed by atoms with Gasteiger partial charge in [0, 0.05) is 33.5 Å². The van der Waals surface area contributed by atoms with Gasteiger partial charge < -0.3 is 19.4 Å². The average molecular weight is 385 g/mol. The maximum atomic E-state index is 11.5. The zero-order chi connectivity index (χ0) is 20.8. The third kappa shape index (κ3) is 4.39. The monoisotopic (exact) mass is 385 g/mol. The predicted molar refractivity (Wildman–Crippen MR) is 110 cm³/mol. The number of carbonyl (C=O) groups is 2. The third-order valence-corrected chi connectivity index (χ3v) is 4.27. The summed E-state index contributed by atoms with van der Waals surface area (Å²) in [7, 11) is 5.38. The number of fused-ring (bicyclic) bond motifs is 2. The molecule has 8 heteroatoms. The Hall–Kier alpha value is -3.16. The van der Waals surface area contributed by atoms with Gasteiger partial charge in [-0.3, -0.25) is 9.59 Å². The number of hydrogen-bond donors (Lipinski definition) is 0. The van der Waals surface area contributed by atoms with Gasteiger partial charge in [-0.25, -0.2) is 9.97 Å². The molecule has 0 radical (unpaired) electrons. The zero-order valence-electron chi connectivity index (χ0n) is 17.3. The normalized spacial score (nSPS) is 14.7. The standard InChI is InChI=1S/C10H13N3O.C8H8N2O2.C2H6/c1-7-4-8-10(11-5-7)12(2)6-9(14)13(8)3;1-10-6-3-2-4-9-8(6)12-5-7(10)11;1-2/h4-5H,6H2,1-3H3;2-4H,5H2,1H3;1-2H3. The van der Waals surface area contributed by atoms with E-state index < -0.39 is 0 Å². The molecule has 2 amide bonds. The Morgan fingerprint density at radius 3 is 2.39 bits per heavy atom. The minimum absolute atomic E-state index is 0.0458. The largest absolute Gasteiger partial charge is 0.466 e. The Morgan fingerprint density at radius 1 is 1.00 bits per heavy atom. The highest BCUT2D eigenvalue weighted by atomic mass is 16.5. The molecule has 0 aliphatic carbocycles. The van der Waals surface area contributed by atoms with Gasteiger partial charge >= 0.3 is 0 Å². The van der Waals surface area contributed by atoms with Crippen LogP contribution in [0.5, 0.6) is 5.88 Å². The second-order valence-electron chi connectivity index (χ2n) is 6.23. The van der Waals surface area contributed by atoms with Crippen LogP contribution in [0, 0.1) is 6.92 Å². The maximum Gasteiger partial charge on any atom is 0.264 e. The van der Waals surface area contributed by atoms with Crippen LogP contribution in [0.25, 0.3) is 0 Å². The number of nitrogens with zero attached hydrogens (tertiary/aromatic N) is 5. The lowest BCUT2D eigenvalue weighted by atomic mass is 10.2. The van der Waals surface area contributed by atoms with Crippen LogP contribution in [0.1, 0.15) is 19.4 Å². The molecule has 0 fully saturated rings. The van der Waals surface area contributed by atoms with E-state index >= 15 is 0 Å². The van der Waals surface area contributed by atoms with Gasteiger partial charge in [0.25, 0.3) is 5.91 Å². The molecule has 150 valence electrons. The number of anilines is 3. The van der Waals surface area contributed by atoms with E-state index in [9.17, 15) is 9.59 Å². The number of likely N-dealkylation sites (N-methyl/N-ethyl adjacent to an activating group) is 3. The predicted octanol–water partition coefficient (Wildman–Crippen LogP) is 2.27. The Labute approximate surface area is 165 Å². The summed E-state index contributed by atoms with van der Waals surface area (Å²) in [6, 6.07) is 5.56. The van der Waals surface area contributed by atoms with Crippen LogP contribution in [0.4, 0.5) is 17.2 Å². The van der Waals surface area contributed by atoms with Gasteiger partial charge in [-0.2, -0.15) is 0 Å². The van der Waals surface area contributed by atoms with E-state index in [0.29, 0.717) is 12.4 Å². The van der Waals surface area contributed by atoms with Crippen LogP contribution in [0.3, 0.4) is 0 Å². The summed E-state index contributed by atoms with van der Waals surface area (Å²) < 4.78 is 5.10. The van der Waals surface area contributed by atoms with E-state index in [1.54, 1.807) is 42.2 Å². The number of rotatable bonds is 0. The van der Waals surface area contributed by atoms with Crippen LogP contribution < -0.4 is 19.4 Å². The number of aromatic nitrogens is 2. The lowest BCUT2D eigenvalue weighted by Crippen LogP contribution is -2.42. The van der Waals surface area contributed by atoms with Gasteiger partial charge in [0.2, 0.25) is 11.8 Å². The van der Waals surface area contributed by atoms with Crippen molar-refractivity contribution in [2.75, 3.05) is 49.0 Å². The first-order valence-electron chi connectivity index (χ1n) is 9.17. The molecule has 0 atom stereocenters. The smallest absolute Gasteiger partial charge is 0.264 e. The first kappa shape index (κ1) is 21.1. The molecule has 0 saturated carbocycles. The molecule has 2 aromatic rings. The number of ether oxygens (including phenoxy) is 1. The summed E-state index contributed by atoms with van der Waals surface area (Å²) in [6.07, 6.45) is 3.46. The highest BCUT2D eigenvalue weighted by Gasteiger charge is 2.25. The molecule has 0 spiro atoms. The van der Waals surface area contributed by atoms with Crippen molar-refractivity contribution in [2.24, 2.45) is 0 Å². The fourth-order valence-electron chi connectivity index (χ4n) is 2.72. The quantitative estimate of drug-likeness (QED) is 0.692. The molecular weight excluding hydrogens is 358 g/mol. The van der Waals surface area contributed by atoms with E-state index in [4.69, 9.17) is 4.74 Å². The second-order valence-corrected chi connectivity index (χ2v) is 6.23. The van der Waals surface area contributed by atoms with Crippen molar-refractivity contribution >= 4 is 29.0 Å². The Bertz CT molecular complexity index is 855. The Morgan fingerprint density at radius 2 is 1.68 bits per heavy atom. The van der Waals surface area contributed by atoms with Crippen LogP contribution >= 0.6 is 0 Å². The van der Waals surface area contributed by atoms with E-state index in [1.165, 1.54) is 0 Å². The first-order chi connectivity index (χ1) is 13.4. The lowest BCUT2D eigenvalue weighted by Gasteiger charge is -2.31. The molecule has 0 bridgehead atoms. The topological polar surface area (TPSA) is 78.9 Å². The van der Waals surface area contributed by atoms with Gasteiger partial charge in [-0.15, -0.1) is 0 Å². The molecular formula is C20H27N5O3. The third-order valence-electron chi connectivity index (χ3n) is 4.27. The number of pyridine rings is 2. The van der Waals surface area contributed by atoms with Gasteiger partial charge in [-0.05, 0) is 30.7 Å². The molecule has 0 saturated heterocycles. The molecule has 0 unspecified atom stereocenters. The summed E-state index contributed by atoms with van der Waals surface area (Å²) >= 11 is 0. The summed E-state index contributed by atoms with van der Waals surface area (Å²) in [5, 5.41) is 0. The number of hydrogen-bond acceptors (Lipinski definition) is 6. The van der Waals surface area contributed by atoms with Crippen molar-refractivity contribution in [3.05, 3.63) is 36.2 Å². The van der Waals surface area contributed by atoms with Crippen molar-refractivity contribution in [2.45, 2.75) is 20.8 Å². The van der Waals surface area contributed by atoms with Crippen LogP contribution in [0.2, 0.25) is 0 Å². The number of aryl methyl sites for hydroxylation is 1. The van der Waals surface area contributed by atoms with Gasteiger partial charge in [0.1, 0.15) is 5.69 Å². The molecule has 2 aliphatic rings. The summed E-state index contributed by atoms with van der Waals surface area (Å²) in [6.45, 7) is 6.46. The van der Waals surface area contributed by atoms with Crippen LogP contribution in [0.15, 0.2) is 30.6 Å².